The molecule has 0 spiro atoms. The molecule has 0 aromatic heterocycles. The van der Waals surface area contributed by atoms with Crippen molar-refractivity contribution < 1.29 is 14.3 Å². The topological polar surface area (TPSA) is 61.9 Å². The number of rotatable bonds is 8. The van der Waals surface area contributed by atoms with Gasteiger partial charge in [-0.1, -0.05) is 46.3 Å². The first kappa shape index (κ1) is 24.7. The van der Waals surface area contributed by atoms with Crippen molar-refractivity contribution in [2.24, 2.45) is 5.92 Å². The van der Waals surface area contributed by atoms with E-state index in [1.54, 1.807) is 0 Å². The number of carbonyl (C=O) groups is 2. The number of amides is 3. The van der Waals surface area contributed by atoms with Crippen LogP contribution >= 0.6 is 15.9 Å². The Morgan fingerprint density at radius 1 is 1.09 bits per heavy atom. The number of ether oxygens (including phenoxy) is 1. The van der Waals surface area contributed by atoms with Crippen LogP contribution in [-0.4, -0.2) is 53.5 Å². The van der Waals surface area contributed by atoms with E-state index in [9.17, 15) is 9.59 Å². The summed E-state index contributed by atoms with van der Waals surface area (Å²) in [4.78, 5) is 29.0. The third-order valence-corrected chi connectivity index (χ3v) is 7.34. The third kappa shape index (κ3) is 6.60. The van der Waals surface area contributed by atoms with Crippen LogP contribution in [0.25, 0.3) is 0 Å². The van der Waals surface area contributed by atoms with Gasteiger partial charge in [0.25, 0.3) is 0 Å². The van der Waals surface area contributed by atoms with E-state index in [-0.39, 0.29) is 24.1 Å². The second-order valence-corrected chi connectivity index (χ2v) is 10.5. The molecule has 2 aromatic carbocycles. The number of nitrogens with one attached hydrogen (secondary N) is 1. The summed E-state index contributed by atoms with van der Waals surface area (Å²) in [7, 11) is 0. The second kappa shape index (κ2) is 11.4. The Labute approximate surface area is 210 Å². The van der Waals surface area contributed by atoms with Crippen molar-refractivity contribution in [3.63, 3.8) is 0 Å². The number of urea groups is 1. The van der Waals surface area contributed by atoms with E-state index < -0.39 is 0 Å². The molecule has 1 atom stereocenters. The van der Waals surface area contributed by atoms with Crippen molar-refractivity contribution in [3.05, 3.63) is 64.1 Å². The molecule has 2 aromatic rings. The van der Waals surface area contributed by atoms with Crippen molar-refractivity contribution in [2.45, 2.75) is 58.2 Å². The van der Waals surface area contributed by atoms with Crippen molar-refractivity contribution in [3.8, 4) is 5.75 Å². The van der Waals surface area contributed by atoms with Gasteiger partial charge < -0.3 is 15.0 Å². The number of halogens is 1. The highest BCUT2D eigenvalue weighted by molar-refractivity contribution is 9.10. The minimum atomic E-state index is -0.284. The van der Waals surface area contributed by atoms with E-state index in [1.165, 1.54) is 10.5 Å². The fourth-order valence-electron chi connectivity index (χ4n) is 4.82. The average molecular weight is 528 g/mol. The van der Waals surface area contributed by atoms with E-state index in [4.69, 9.17) is 4.74 Å². The molecule has 1 unspecified atom stereocenters. The molecule has 4 rings (SSSR count). The molecule has 2 saturated heterocycles. The molecule has 2 aliphatic rings. The van der Waals surface area contributed by atoms with Gasteiger partial charge in [0.15, 0.2) is 0 Å². The zero-order valence-corrected chi connectivity index (χ0v) is 21.6. The van der Waals surface area contributed by atoms with Crippen LogP contribution in [0.1, 0.15) is 44.2 Å². The van der Waals surface area contributed by atoms with Crippen LogP contribution in [0.5, 0.6) is 5.75 Å². The first-order valence-electron chi connectivity index (χ1n) is 12.2. The quantitative estimate of drug-likeness (QED) is 0.524. The van der Waals surface area contributed by atoms with Crippen LogP contribution in [0.4, 0.5) is 4.79 Å². The average Bonchev–Trinajstić information content (AvgIpc) is 2.80. The van der Waals surface area contributed by atoms with Gasteiger partial charge in [0.1, 0.15) is 5.75 Å². The van der Waals surface area contributed by atoms with Gasteiger partial charge in [0.05, 0.1) is 18.7 Å². The summed E-state index contributed by atoms with van der Waals surface area (Å²) in [5.74, 6) is 1.44. The molecule has 2 aliphatic heterocycles. The standard InChI is InChI=1S/C27H34BrN3O3/c1-19(2)34-24-8-9-25(28)22(15-24)14-20-10-12-30(13-11-20)18-23-16-26(32)31(27(33)29-23)17-21-6-4-3-5-7-21/h3-9,15,19-20,23H,10-14,16-18H2,1-2H3,(H,29,33). The van der Waals surface area contributed by atoms with Gasteiger partial charge in [-0.05, 0) is 81.4 Å². The van der Waals surface area contributed by atoms with Gasteiger partial charge in [-0.25, -0.2) is 4.79 Å². The minimum absolute atomic E-state index is 0.0964. The second-order valence-electron chi connectivity index (χ2n) is 9.68. The first-order valence-corrected chi connectivity index (χ1v) is 13.0. The normalized spacial score (nSPS) is 20.0. The number of hydrogen-bond donors (Lipinski definition) is 1. The van der Waals surface area contributed by atoms with E-state index in [0.29, 0.717) is 18.9 Å². The lowest BCUT2D eigenvalue weighted by Gasteiger charge is -2.37. The zero-order valence-electron chi connectivity index (χ0n) is 20.0. The minimum Gasteiger partial charge on any atom is -0.491 e. The number of nitrogens with zero attached hydrogens (tertiary/aromatic N) is 2. The Bertz CT molecular complexity index is 972. The highest BCUT2D eigenvalue weighted by Crippen LogP contribution is 2.29. The summed E-state index contributed by atoms with van der Waals surface area (Å²) in [6, 6.07) is 15.5. The fraction of sp³-hybridized carbons (Fsp3) is 0.481. The van der Waals surface area contributed by atoms with Crippen LogP contribution in [0, 0.1) is 5.92 Å². The van der Waals surface area contributed by atoms with Crippen molar-refractivity contribution >= 4 is 27.9 Å². The van der Waals surface area contributed by atoms with Crippen molar-refractivity contribution in [1.82, 2.24) is 15.1 Å². The summed E-state index contributed by atoms with van der Waals surface area (Å²) >= 11 is 3.70. The smallest absolute Gasteiger partial charge is 0.324 e. The summed E-state index contributed by atoms with van der Waals surface area (Å²) < 4.78 is 7.00. The van der Waals surface area contributed by atoms with Gasteiger partial charge >= 0.3 is 6.03 Å². The summed E-state index contributed by atoms with van der Waals surface area (Å²) in [6.07, 6.45) is 3.76. The lowest BCUT2D eigenvalue weighted by molar-refractivity contribution is -0.130. The van der Waals surface area contributed by atoms with Crippen molar-refractivity contribution in [1.29, 1.82) is 0 Å². The predicted octanol–water partition coefficient (Wildman–Crippen LogP) is 5.00. The summed E-state index contributed by atoms with van der Waals surface area (Å²) in [6.45, 7) is 7.10. The highest BCUT2D eigenvalue weighted by Gasteiger charge is 2.33. The summed E-state index contributed by atoms with van der Waals surface area (Å²) in [5, 5.41) is 3.05. The van der Waals surface area contributed by atoms with Crippen LogP contribution in [0.2, 0.25) is 0 Å². The van der Waals surface area contributed by atoms with Crippen LogP contribution < -0.4 is 10.1 Å². The molecule has 3 amide bonds. The predicted molar refractivity (Wildman–Crippen MR) is 137 cm³/mol. The number of imide groups is 1. The van der Waals surface area contributed by atoms with E-state index in [0.717, 1.165) is 54.7 Å². The van der Waals surface area contributed by atoms with Gasteiger partial charge in [-0.15, -0.1) is 0 Å². The SMILES string of the molecule is CC(C)Oc1ccc(Br)c(CC2CCN(CC3CC(=O)N(Cc4ccccc4)C(=O)N3)CC2)c1. The number of likely N-dealkylation sites (tertiary alicyclic amines) is 1. The Hall–Kier alpha value is -2.38. The molecule has 2 heterocycles. The summed E-state index contributed by atoms with van der Waals surface area (Å²) in [5.41, 5.74) is 2.25. The monoisotopic (exact) mass is 527 g/mol. The van der Waals surface area contributed by atoms with Crippen LogP contribution in [-0.2, 0) is 17.8 Å². The van der Waals surface area contributed by atoms with Gasteiger partial charge in [-0.2, -0.15) is 0 Å². The molecule has 0 aliphatic carbocycles. The molecule has 7 heteroatoms. The van der Waals surface area contributed by atoms with E-state index >= 15 is 0 Å². The maximum absolute atomic E-state index is 12.7. The Kier molecular flexibility index (Phi) is 8.27. The Balaban J connectivity index is 1.25. The first-order chi connectivity index (χ1) is 16.4. The van der Waals surface area contributed by atoms with Gasteiger partial charge in [-0.3, -0.25) is 9.69 Å². The number of hydrogen-bond acceptors (Lipinski definition) is 4. The molecular formula is C27H34BrN3O3. The van der Waals surface area contributed by atoms with Gasteiger partial charge in [0.2, 0.25) is 5.91 Å². The van der Waals surface area contributed by atoms with E-state index in [2.05, 4.69) is 38.3 Å². The molecule has 0 radical (unpaired) electrons. The fourth-order valence-corrected chi connectivity index (χ4v) is 5.23. The number of piperidine rings is 1. The largest absolute Gasteiger partial charge is 0.491 e. The van der Waals surface area contributed by atoms with Crippen molar-refractivity contribution in [2.75, 3.05) is 19.6 Å². The molecule has 182 valence electrons. The highest BCUT2D eigenvalue weighted by atomic mass is 79.9. The van der Waals surface area contributed by atoms with Crippen LogP contribution in [0.3, 0.4) is 0 Å². The Morgan fingerprint density at radius 3 is 2.50 bits per heavy atom. The Morgan fingerprint density at radius 2 is 1.82 bits per heavy atom. The maximum Gasteiger partial charge on any atom is 0.324 e. The number of carbonyl (C=O) groups excluding carboxylic acids is 2. The maximum atomic E-state index is 12.7. The molecular weight excluding hydrogens is 494 g/mol. The number of benzene rings is 2. The molecule has 1 N–H and O–H groups in total. The molecule has 6 nitrogen and oxygen atoms in total. The van der Waals surface area contributed by atoms with E-state index in [1.807, 2.05) is 50.2 Å². The lowest BCUT2D eigenvalue weighted by Crippen LogP contribution is -2.57. The molecule has 0 bridgehead atoms. The third-order valence-electron chi connectivity index (χ3n) is 6.56. The zero-order chi connectivity index (χ0) is 24.1. The molecule has 2 fully saturated rings. The lowest BCUT2D eigenvalue weighted by atomic mass is 9.90. The van der Waals surface area contributed by atoms with Gasteiger partial charge in [0, 0.05) is 17.4 Å². The molecule has 0 saturated carbocycles. The molecule has 34 heavy (non-hydrogen) atoms. The van der Waals surface area contributed by atoms with Crippen LogP contribution in [0.15, 0.2) is 53.0 Å².